The Morgan fingerprint density at radius 1 is 1.14 bits per heavy atom. The number of fused-ring (bicyclic) bond motifs is 2. The molecule has 2 N–H and O–H groups in total. The largest absolute Gasteiger partial charge is 0.396 e. The molecule has 148 valence electrons. The van der Waals surface area contributed by atoms with Gasteiger partial charge in [-0.3, -0.25) is 14.2 Å². The molecule has 0 radical (unpaired) electrons. The number of carbonyl (C=O) groups is 1. The number of nitrogens with one attached hydrogen (secondary N) is 1. The van der Waals surface area contributed by atoms with Gasteiger partial charge < -0.3 is 10.4 Å². The van der Waals surface area contributed by atoms with Gasteiger partial charge in [0, 0.05) is 30.1 Å². The molecular weight excluding hydrogens is 352 g/mol. The predicted molar refractivity (Wildman–Crippen MR) is 109 cm³/mol. The fourth-order valence-electron chi connectivity index (χ4n) is 5.39. The first kappa shape index (κ1) is 18.9. The van der Waals surface area contributed by atoms with Gasteiger partial charge >= 0.3 is 0 Å². The second-order valence-electron chi connectivity index (χ2n) is 8.41. The molecule has 2 unspecified atom stereocenters. The number of hydrogen-bond donors (Lipinski definition) is 2. The molecule has 1 heterocycles. The normalized spacial score (nSPS) is 26.2. The molecule has 2 saturated carbocycles. The van der Waals surface area contributed by atoms with Gasteiger partial charge in [-0.05, 0) is 75.0 Å². The van der Waals surface area contributed by atoms with Crippen LogP contribution < -0.4 is 10.9 Å². The first-order chi connectivity index (χ1) is 13.5. The van der Waals surface area contributed by atoms with Crippen LogP contribution in [0.5, 0.6) is 0 Å². The van der Waals surface area contributed by atoms with E-state index >= 15 is 0 Å². The predicted octanol–water partition coefficient (Wildman–Crippen LogP) is 2.98. The van der Waals surface area contributed by atoms with E-state index in [-0.39, 0.29) is 24.1 Å². The summed E-state index contributed by atoms with van der Waals surface area (Å²) in [5.41, 5.74) is 2.62. The molecule has 4 atom stereocenters. The average molecular weight is 380 g/mol. The first-order valence-electron chi connectivity index (χ1n) is 10.2. The van der Waals surface area contributed by atoms with Crippen molar-refractivity contribution in [2.45, 2.75) is 45.6 Å². The van der Waals surface area contributed by atoms with E-state index in [0.29, 0.717) is 34.6 Å². The van der Waals surface area contributed by atoms with E-state index in [1.54, 1.807) is 10.6 Å². The minimum Gasteiger partial charge on any atom is -0.396 e. The number of benzene rings is 1. The van der Waals surface area contributed by atoms with Gasteiger partial charge in [0.15, 0.2) is 0 Å². The number of aromatic nitrogens is 1. The highest BCUT2D eigenvalue weighted by atomic mass is 16.3. The van der Waals surface area contributed by atoms with E-state index in [1.807, 2.05) is 44.2 Å². The number of pyridine rings is 1. The van der Waals surface area contributed by atoms with Gasteiger partial charge in [0.1, 0.15) is 0 Å². The Labute approximate surface area is 165 Å². The first-order valence-corrected chi connectivity index (χ1v) is 10.2. The summed E-state index contributed by atoms with van der Waals surface area (Å²) in [7, 11) is 0. The zero-order chi connectivity index (χ0) is 19.8. The standard InChI is InChI=1S/C23H28N2O3/c1-14-10-20(27)25(19-6-4-3-5-7-19)15(2)21(14)23(28)24-22-17-8-9-18(22)12-16(11-17)13-26/h3-7,10,16-18,22,26H,8-9,11-13H2,1-2H3,(H,24,28)/t16?,17-,18+,22?. The maximum absolute atomic E-state index is 13.2. The summed E-state index contributed by atoms with van der Waals surface area (Å²) in [5, 5.41) is 12.8. The number of para-hydroxylation sites is 1. The van der Waals surface area contributed by atoms with Gasteiger partial charge in [-0.2, -0.15) is 0 Å². The minimum absolute atomic E-state index is 0.0935. The minimum atomic E-state index is -0.124. The van der Waals surface area contributed by atoms with Gasteiger partial charge in [-0.25, -0.2) is 0 Å². The lowest BCUT2D eigenvalue weighted by atomic mass is 9.77. The third kappa shape index (κ3) is 3.28. The molecule has 28 heavy (non-hydrogen) atoms. The second kappa shape index (κ2) is 7.55. The smallest absolute Gasteiger partial charge is 0.255 e. The number of aliphatic hydroxyl groups excluding tert-OH is 1. The molecule has 0 saturated heterocycles. The molecule has 1 aromatic heterocycles. The average Bonchev–Trinajstić information content (AvgIpc) is 2.89. The van der Waals surface area contributed by atoms with Gasteiger partial charge in [0.05, 0.1) is 5.56 Å². The van der Waals surface area contributed by atoms with E-state index in [1.165, 1.54) is 0 Å². The topological polar surface area (TPSA) is 71.3 Å². The summed E-state index contributed by atoms with van der Waals surface area (Å²) in [4.78, 5) is 25.9. The van der Waals surface area contributed by atoms with Crippen LogP contribution in [-0.4, -0.2) is 28.2 Å². The van der Waals surface area contributed by atoms with Crippen LogP contribution in [-0.2, 0) is 0 Å². The molecule has 1 amide bonds. The molecule has 4 rings (SSSR count). The van der Waals surface area contributed by atoms with Crippen molar-refractivity contribution in [3.05, 3.63) is 63.6 Å². The summed E-state index contributed by atoms with van der Waals surface area (Å²) in [6, 6.07) is 11.2. The number of amides is 1. The number of hydrogen-bond acceptors (Lipinski definition) is 3. The molecule has 2 fully saturated rings. The van der Waals surface area contributed by atoms with E-state index in [2.05, 4.69) is 5.32 Å². The molecule has 2 aromatic rings. The van der Waals surface area contributed by atoms with Gasteiger partial charge in [0.2, 0.25) is 0 Å². The molecular formula is C23H28N2O3. The Balaban J connectivity index is 1.65. The van der Waals surface area contributed by atoms with Crippen molar-refractivity contribution in [1.29, 1.82) is 0 Å². The Bertz CT molecular complexity index is 921. The van der Waals surface area contributed by atoms with Crippen LogP contribution >= 0.6 is 0 Å². The maximum atomic E-state index is 13.2. The van der Waals surface area contributed by atoms with Gasteiger partial charge in [-0.1, -0.05) is 18.2 Å². The van der Waals surface area contributed by atoms with Crippen molar-refractivity contribution in [3.63, 3.8) is 0 Å². The zero-order valence-corrected chi connectivity index (χ0v) is 16.5. The number of aryl methyl sites for hydroxylation is 1. The molecule has 2 bridgehead atoms. The van der Waals surface area contributed by atoms with Crippen molar-refractivity contribution < 1.29 is 9.90 Å². The van der Waals surface area contributed by atoms with E-state index in [4.69, 9.17) is 0 Å². The SMILES string of the molecule is Cc1cc(=O)n(-c2ccccc2)c(C)c1C(=O)NC1[C@@H]2CC[C@H]1CC(CO)C2. The van der Waals surface area contributed by atoms with Crippen molar-refractivity contribution >= 4 is 5.91 Å². The number of rotatable bonds is 4. The fraction of sp³-hybridized carbons (Fsp3) is 0.478. The van der Waals surface area contributed by atoms with Crippen LogP contribution in [0.4, 0.5) is 0 Å². The van der Waals surface area contributed by atoms with Crippen LogP contribution in [0, 0.1) is 31.6 Å². The zero-order valence-electron chi connectivity index (χ0n) is 16.5. The third-order valence-corrected chi connectivity index (χ3v) is 6.65. The van der Waals surface area contributed by atoms with Crippen molar-refractivity contribution in [2.24, 2.45) is 17.8 Å². The van der Waals surface area contributed by atoms with Crippen LogP contribution in [0.15, 0.2) is 41.2 Å². The van der Waals surface area contributed by atoms with Crippen LogP contribution in [0.25, 0.3) is 5.69 Å². The lowest BCUT2D eigenvalue weighted by Crippen LogP contribution is -2.46. The molecule has 2 aliphatic rings. The molecule has 1 aromatic carbocycles. The second-order valence-corrected chi connectivity index (χ2v) is 8.41. The Hall–Kier alpha value is -2.40. The van der Waals surface area contributed by atoms with Crippen molar-refractivity contribution in [3.8, 4) is 5.69 Å². The Kier molecular flexibility index (Phi) is 5.11. The maximum Gasteiger partial charge on any atom is 0.255 e. The van der Waals surface area contributed by atoms with Crippen LogP contribution in [0.2, 0.25) is 0 Å². The Morgan fingerprint density at radius 2 is 1.79 bits per heavy atom. The molecule has 2 aliphatic carbocycles. The number of aliphatic hydroxyl groups is 1. The van der Waals surface area contributed by atoms with E-state index < -0.39 is 0 Å². The molecule has 0 spiro atoms. The molecule has 5 heteroatoms. The summed E-state index contributed by atoms with van der Waals surface area (Å²) in [6.07, 6.45) is 4.21. The lowest BCUT2D eigenvalue weighted by Gasteiger charge is -2.35. The molecule has 0 aliphatic heterocycles. The van der Waals surface area contributed by atoms with E-state index in [0.717, 1.165) is 31.4 Å². The monoisotopic (exact) mass is 380 g/mol. The lowest BCUT2D eigenvalue weighted by molar-refractivity contribution is 0.0846. The van der Waals surface area contributed by atoms with E-state index in [9.17, 15) is 14.7 Å². The Morgan fingerprint density at radius 3 is 2.39 bits per heavy atom. The summed E-state index contributed by atoms with van der Waals surface area (Å²) in [6.45, 7) is 3.91. The molecule has 5 nitrogen and oxygen atoms in total. The third-order valence-electron chi connectivity index (χ3n) is 6.65. The van der Waals surface area contributed by atoms with Crippen LogP contribution in [0.3, 0.4) is 0 Å². The highest BCUT2D eigenvalue weighted by Crippen LogP contribution is 2.44. The highest BCUT2D eigenvalue weighted by molar-refractivity contribution is 5.97. The highest BCUT2D eigenvalue weighted by Gasteiger charge is 2.43. The van der Waals surface area contributed by atoms with Crippen molar-refractivity contribution in [2.75, 3.05) is 6.61 Å². The summed E-state index contributed by atoms with van der Waals surface area (Å²) >= 11 is 0. The summed E-state index contributed by atoms with van der Waals surface area (Å²) in [5.74, 6) is 1.17. The number of carbonyl (C=O) groups excluding carboxylic acids is 1. The van der Waals surface area contributed by atoms with Crippen LogP contribution in [0.1, 0.15) is 47.3 Å². The van der Waals surface area contributed by atoms with Gasteiger partial charge in [-0.15, -0.1) is 0 Å². The van der Waals surface area contributed by atoms with Gasteiger partial charge in [0.25, 0.3) is 11.5 Å². The quantitative estimate of drug-likeness (QED) is 0.857. The fourth-order valence-corrected chi connectivity index (χ4v) is 5.39. The summed E-state index contributed by atoms with van der Waals surface area (Å²) < 4.78 is 1.61. The van der Waals surface area contributed by atoms with Crippen molar-refractivity contribution in [1.82, 2.24) is 9.88 Å². The number of nitrogens with zero attached hydrogens (tertiary/aromatic N) is 1.